The van der Waals surface area contributed by atoms with Gasteiger partial charge in [-0.3, -0.25) is 14.5 Å². The minimum Gasteiger partial charge on any atom is -0.339 e. The number of amides is 2. The van der Waals surface area contributed by atoms with Crippen LogP contribution < -0.4 is 10.0 Å². The van der Waals surface area contributed by atoms with Crippen molar-refractivity contribution in [2.45, 2.75) is 38.6 Å². The van der Waals surface area contributed by atoms with E-state index in [1.54, 1.807) is 11.8 Å². The number of rotatable bonds is 7. The summed E-state index contributed by atoms with van der Waals surface area (Å²) in [6.45, 7) is 11.1. The van der Waals surface area contributed by atoms with Crippen LogP contribution in [0.2, 0.25) is 0 Å². The average molecular weight is 411 g/mol. The van der Waals surface area contributed by atoms with Gasteiger partial charge >= 0.3 is 0 Å². The molecule has 28 heavy (non-hydrogen) atoms. The molecule has 2 rings (SSSR count). The highest BCUT2D eigenvalue weighted by Gasteiger charge is 2.28. The maximum atomic E-state index is 12.6. The number of benzene rings is 1. The van der Waals surface area contributed by atoms with Crippen LogP contribution in [0.15, 0.2) is 29.2 Å². The zero-order valence-electron chi connectivity index (χ0n) is 16.9. The van der Waals surface area contributed by atoms with Crippen LogP contribution in [0.1, 0.15) is 27.7 Å². The van der Waals surface area contributed by atoms with E-state index in [0.717, 1.165) is 19.6 Å². The highest BCUT2D eigenvalue weighted by Crippen LogP contribution is 2.15. The molecule has 1 aliphatic rings. The summed E-state index contributed by atoms with van der Waals surface area (Å²) in [6, 6.07) is 4.97. The average Bonchev–Trinajstić information content (AvgIpc) is 2.61. The molecule has 1 heterocycles. The highest BCUT2D eigenvalue weighted by atomic mass is 32.2. The molecular weight excluding hydrogens is 380 g/mol. The Bertz CT molecular complexity index is 785. The molecule has 1 saturated heterocycles. The van der Waals surface area contributed by atoms with E-state index in [4.69, 9.17) is 0 Å². The highest BCUT2D eigenvalue weighted by molar-refractivity contribution is 7.89. The number of sulfonamides is 1. The SMILES string of the molecule is CC(=O)Nc1ccc(S(=O)(=O)N[C@@H](C)C(=O)N2CCN(CC(C)C)CC2)cc1. The first kappa shape index (κ1) is 22.3. The molecule has 0 unspecified atom stereocenters. The van der Waals surface area contributed by atoms with Gasteiger partial charge in [0, 0.05) is 45.3 Å². The van der Waals surface area contributed by atoms with Crippen molar-refractivity contribution in [3.63, 3.8) is 0 Å². The fourth-order valence-corrected chi connectivity index (χ4v) is 4.41. The van der Waals surface area contributed by atoms with Crippen LogP contribution in [0, 0.1) is 5.92 Å². The number of hydrogen-bond acceptors (Lipinski definition) is 5. The quantitative estimate of drug-likeness (QED) is 0.702. The van der Waals surface area contributed by atoms with Gasteiger partial charge in [-0.2, -0.15) is 4.72 Å². The summed E-state index contributed by atoms with van der Waals surface area (Å²) in [5.41, 5.74) is 0.509. The van der Waals surface area contributed by atoms with E-state index < -0.39 is 16.1 Å². The van der Waals surface area contributed by atoms with Crippen LogP contribution in [0.25, 0.3) is 0 Å². The molecular formula is C19H30N4O4S. The van der Waals surface area contributed by atoms with E-state index in [-0.39, 0.29) is 16.7 Å². The van der Waals surface area contributed by atoms with Crippen molar-refractivity contribution in [2.75, 3.05) is 38.0 Å². The van der Waals surface area contributed by atoms with Crippen molar-refractivity contribution in [3.05, 3.63) is 24.3 Å². The first-order chi connectivity index (χ1) is 13.1. The predicted octanol–water partition coefficient (Wildman–Crippen LogP) is 1.11. The third kappa shape index (κ3) is 6.29. The number of hydrogen-bond donors (Lipinski definition) is 2. The lowest BCUT2D eigenvalue weighted by molar-refractivity contribution is -0.134. The van der Waals surface area contributed by atoms with Gasteiger partial charge in [0.25, 0.3) is 0 Å². The Morgan fingerprint density at radius 3 is 2.11 bits per heavy atom. The number of anilines is 1. The Hall–Kier alpha value is -1.97. The summed E-state index contributed by atoms with van der Waals surface area (Å²) in [4.78, 5) is 27.8. The molecule has 1 fully saturated rings. The molecule has 8 nitrogen and oxygen atoms in total. The smallest absolute Gasteiger partial charge is 0.241 e. The summed E-state index contributed by atoms with van der Waals surface area (Å²) in [5.74, 6) is 0.120. The molecule has 0 spiro atoms. The van der Waals surface area contributed by atoms with Gasteiger partial charge < -0.3 is 10.2 Å². The van der Waals surface area contributed by atoms with Crippen LogP contribution in [0.4, 0.5) is 5.69 Å². The molecule has 0 aliphatic carbocycles. The monoisotopic (exact) mass is 410 g/mol. The van der Waals surface area contributed by atoms with Crippen LogP contribution >= 0.6 is 0 Å². The van der Waals surface area contributed by atoms with Crippen LogP contribution in [0.5, 0.6) is 0 Å². The second kappa shape index (κ2) is 9.49. The molecule has 156 valence electrons. The first-order valence-corrected chi connectivity index (χ1v) is 11.0. The summed E-state index contributed by atoms with van der Waals surface area (Å²) < 4.78 is 27.6. The molecule has 0 bridgehead atoms. The minimum absolute atomic E-state index is 0.0444. The maximum absolute atomic E-state index is 12.6. The molecule has 0 aromatic heterocycles. The molecule has 2 N–H and O–H groups in total. The standard InChI is InChI=1S/C19H30N4O4S/c1-14(2)13-22-9-11-23(12-10-22)19(25)15(3)21-28(26,27)18-7-5-17(6-8-18)20-16(4)24/h5-8,14-15,21H,9-13H2,1-4H3,(H,20,24)/t15-/m0/s1. The number of nitrogens with one attached hydrogen (secondary N) is 2. The second-order valence-electron chi connectivity index (χ2n) is 7.57. The molecule has 1 atom stereocenters. The Balaban J connectivity index is 1.94. The van der Waals surface area contributed by atoms with E-state index in [2.05, 4.69) is 28.8 Å². The molecule has 9 heteroatoms. The van der Waals surface area contributed by atoms with Crippen LogP contribution in [-0.4, -0.2) is 68.8 Å². The van der Waals surface area contributed by atoms with E-state index in [9.17, 15) is 18.0 Å². The van der Waals surface area contributed by atoms with Crippen LogP contribution in [-0.2, 0) is 19.6 Å². The molecule has 0 saturated carbocycles. The maximum Gasteiger partial charge on any atom is 0.241 e. The predicted molar refractivity (Wildman–Crippen MR) is 108 cm³/mol. The lowest BCUT2D eigenvalue weighted by Crippen LogP contribution is -2.54. The molecule has 0 radical (unpaired) electrons. The van der Waals surface area contributed by atoms with Crippen molar-refractivity contribution >= 4 is 27.5 Å². The minimum atomic E-state index is -3.84. The fourth-order valence-electron chi connectivity index (χ4n) is 3.21. The third-order valence-corrected chi connectivity index (χ3v) is 6.05. The van der Waals surface area contributed by atoms with Gasteiger partial charge in [-0.15, -0.1) is 0 Å². The largest absolute Gasteiger partial charge is 0.339 e. The van der Waals surface area contributed by atoms with Gasteiger partial charge in [0.1, 0.15) is 0 Å². The lowest BCUT2D eigenvalue weighted by Gasteiger charge is -2.36. The van der Waals surface area contributed by atoms with Gasteiger partial charge in [-0.05, 0) is 37.1 Å². The van der Waals surface area contributed by atoms with Gasteiger partial charge in [-0.25, -0.2) is 8.42 Å². The van der Waals surface area contributed by atoms with Gasteiger partial charge in [0.2, 0.25) is 21.8 Å². The zero-order valence-corrected chi connectivity index (χ0v) is 17.8. The van der Waals surface area contributed by atoms with E-state index in [1.807, 2.05) is 0 Å². The summed E-state index contributed by atoms with van der Waals surface area (Å²) >= 11 is 0. The first-order valence-electron chi connectivity index (χ1n) is 9.49. The Morgan fingerprint density at radius 2 is 1.61 bits per heavy atom. The third-order valence-electron chi connectivity index (χ3n) is 4.49. The van der Waals surface area contributed by atoms with Crippen molar-refractivity contribution in [3.8, 4) is 0 Å². The number of carbonyl (C=O) groups is 2. The zero-order chi connectivity index (χ0) is 20.9. The van der Waals surface area contributed by atoms with Gasteiger partial charge in [0.15, 0.2) is 0 Å². The van der Waals surface area contributed by atoms with Gasteiger partial charge in [-0.1, -0.05) is 13.8 Å². The topological polar surface area (TPSA) is 98.8 Å². The van der Waals surface area contributed by atoms with Gasteiger partial charge in [0.05, 0.1) is 10.9 Å². The fraction of sp³-hybridized carbons (Fsp3) is 0.579. The number of nitrogens with zero attached hydrogens (tertiary/aromatic N) is 2. The van der Waals surface area contributed by atoms with E-state index in [0.29, 0.717) is 24.7 Å². The molecule has 1 aromatic carbocycles. The number of piperazine rings is 1. The van der Waals surface area contributed by atoms with E-state index in [1.165, 1.54) is 31.2 Å². The molecule has 1 aliphatic heterocycles. The number of carbonyl (C=O) groups excluding carboxylic acids is 2. The molecule has 2 amide bonds. The normalized spacial score (nSPS) is 16.8. The summed E-state index contributed by atoms with van der Waals surface area (Å²) in [7, 11) is -3.84. The van der Waals surface area contributed by atoms with E-state index >= 15 is 0 Å². The van der Waals surface area contributed by atoms with Crippen molar-refractivity contribution in [1.82, 2.24) is 14.5 Å². The Labute approximate surface area is 167 Å². The lowest BCUT2D eigenvalue weighted by atomic mass is 10.2. The Kier molecular flexibility index (Phi) is 7.56. The van der Waals surface area contributed by atoms with Crippen molar-refractivity contribution in [1.29, 1.82) is 0 Å². The van der Waals surface area contributed by atoms with Crippen molar-refractivity contribution < 1.29 is 18.0 Å². The summed E-state index contributed by atoms with van der Waals surface area (Å²) in [5, 5.41) is 2.58. The molecule has 1 aromatic rings. The second-order valence-corrected chi connectivity index (χ2v) is 9.28. The van der Waals surface area contributed by atoms with Crippen LogP contribution in [0.3, 0.4) is 0 Å². The Morgan fingerprint density at radius 1 is 1.04 bits per heavy atom. The van der Waals surface area contributed by atoms with Crippen molar-refractivity contribution in [2.24, 2.45) is 5.92 Å². The summed E-state index contributed by atoms with van der Waals surface area (Å²) in [6.07, 6.45) is 0.